The summed E-state index contributed by atoms with van der Waals surface area (Å²) >= 11 is 5.70. The Hall–Kier alpha value is -1.22. The first-order valence-corrected chi connectivity index (χ1v) is 7.15. The van der Waals surface area contributed by atoms with Gasteiger partial charge in [-0.25, -0.2) is 4.98 Å². The van der Waals surface area contributed by atoms with Crippen molar-refractivity contribution in [2.24, 2.45) is 0 Å². The highest BCUT2D eigenvalue weighted by Crippen LogP contribution is 2.20. The zero-order valence-electron chi connectivity index (χ0n) is 10.8. The Bertz CT molecular complexity index is 493. The molecule has 1 aromatic heterocycles. The number of alkyl halides is 1. The molecule has 0 saturated heterocycles. The molecule has 0 amide bonds. The van der Waals surface area contributed by atoms with E-state index < -0.39 is 0 Å². The van der Waals surface area contributed by atoms with E-state index in [9.17, 15) is 0 Å². The number of para-hydroxylation sites is 2. The van der Waals surface area contributed by atoms with Gasteiger partial charge in [0.2, 0.25) is 5.95 Å². The maximum atomic E-state index is 5.70. The van der Waals surface area contributed by atoms with Gasteiger partial charge in [-0.15, -0.1) is 11.6 Å². The van der Waals surface area contributed by atoms with Crippen LogP contribution in [0.3, 0.4) is 0 Å². The molecule has 0 atom stereocenters. The Morgan fingerprint density at radius 1 is 1.28 bits per heavy atom. The third kappa shape index (κ3) is 2.96. The number of nitrogens with zero attached hydrogens (tertiary/aromatic N) is 2. The fourth-order valence-corrected chi connectivity index (χ4v) is 2.15. The van der Waals surface area contributed by atoms with Gasteiger partial charge in [-0.2, -0.15) is 0 Å². The van der Waals surface area contributed by atoms with Gasteiger partial charge in [-0.3, -0.25) is 0 Å². The average Bonchev–Trinajstić information content (AvgIpc) is 2.74. The van der Waals surface area contributed by atoms with E-state index in [1.165, 1.54) is 18.4 Å². The first-order chi connectivity index (χ1) is 8.86. The maximum absolute atomic E-state index is 5.70. The van der Waals surface area contributed by atoms with Gasteiger partial charge in [0, 0.05) is 19.0 Å². The number of rotatable bonds is 7. The van der Waals surface area contributed by atoms with Crippen molar-refractivity contribution in [3.63, 3.8) is 0 Å². The standard InChI is InChI=1S/C14H20ClN3/c1-2-3-11-18-13-8-5-4-7-12(13)17-14(18)16-10-6-9-15/h4-5,7-8H,2-3,6,9-11H2,1H3,(H,16,17). The van der Waals surface area contributed by atoms with Crippen molar-refractivity contribution in [3.8, 4) is 0 Å². The number of halogens is 1. The van der Waals surface area contributed by atoms with Gasteiger partial charge in [0.05, 0.1) is 11.0 Å². The molecule has 0 aliphatic rings. The van der Waals surface area contributed by atoms with Crippen LogP contribution >= 0.6 is 11.6 Å². The van der Waals surface area contributed by atoms with Gasteiger partial charge in [-0.1, -0.05) is 25.5 Å². The molecule has 4 heteroatoms. The minimum atomic E-state index is 0.683. The second-order valence-corrected chi connectivity index (χ2v) is 4.78. The Balaban J connectivity index is 2.25. The fourth-order valence-electron chi connectivity index (χ4n) is 2.02. The first-order valence-electron chi connectivity index (χ1n) is 6.62. The van der Waals surface area contributed by atoms with Gasteiger partial charge in [0.1, 0.15) is 0 Å². The van der Waals surface area contributed by atoms with Crippen molar-refractivity contribution >= 4 is 28.6 Å². The molecule has 0 saturated carbocycles. The number of imidazole rings is 1. The molecule has 0 aliphatic heterocycles. The topological polar surface area (TPSA) is 29.9 Å². The highest BCUT2D eigenvalue weighted by molar-refractivity contribution is 6.17. The number of anilines is 1. The maximum Gasteiger partial charge on any atom is 0.203 e. The van der Waals surface area contributed by atoms with Gasteiger partial charge in [-0.05, 0) is 25.0 Å². The summed E-state index contributed by atoms with van der Waals surface area (Å²) in [4.78, 5) is 4.65. The van der Waals surface area contributed by atoms with Crippen molar-refractivity contribution < 1.29 is 0 Å². The van der Waals surface area contributed by atoms with Crippen molar-refractivity contribution in [2.45, 2.75) is 32.7 Å². The quantitative estimate of drug-likeness (QED) is 0.608. The van der Waals surface area contributed by atoms with E-state index in [-0.39, 0.29) is 0 Å². The Labute approximate surface area is 113 Å². The third-order valence-corrected chi connectivity index (χ3v) is 3.25. The van der Waals surface area contributed by atoms with E-state index in [2.05, 4.69) is 40.0 Å². The molecule has 2 aromatic rings. The molecule has 1 N–H and O–H groups in total. The Morgan fingerprint density at radius 2 is 2.11 bits per heavy atom. The molecule has 0 unspecified atom stereocenters. The number of benzene rings is 1. The van der Waals surface area contributed by atoms with Crippen LogP contribution in [0.5, 0.6) is 0 Å². The molecule has 98 valence electrons. The monoisotopic (exact) mass is 265 g/mol. The largest absolute Gasteiger partial charge is 0.356 e. The van der Waals surface area contributed by atoms with Crippen LogP contribution in [0.1, 0.15) is 26.2 Å². The molecule has 18 heavy (non-hydrogen) atoms. The minimum absolute atomic E-state index is 0.683. The second kappa shape index (κ2) is 6.64. The lowest BCUT2D eigenvalue weighted by atomic mass is 10.3. The zero-order chi connectivity index (χ0) is 12.8. The first kappa shape index (κ1) is 13.2. The number of fused-ring (bicyclic) bond motifs is 1. The van der Waals surface area contributed by atoms with Crippen LogP contribution in [0.15, 0.2) is 24.3 Å². The summed E-state index contributed by atoms with van der Waals surface area (Å²) in [5, 5.41) is 3.38. The van der Waals surface area contributed by atoms with Crippen molar-refractivity contribution in [2.75, 3.05) is 17.7 Å². The van der Waals surface area contributed by atoms with Crippen molar-refractivity contribution in [1.29, 1.82) is 0 Å². The number of nitrogens with one attached hydrogen (secondary N) is 1. The zero-order valence-corrected chi connectivity index (χ0v) is 11.6. The highest BCUT2D eigenvalue weighted by atomic mass is 35.5. The van der Waals surface area contributed by atoms with Crippen LogP contribution in [0, 0.1) is 0 Å². The molecule has 2 rings (SSSR count). The van der Waals surface area contributed by atoms with Crippen molar-refractivity contribution in [1.82, 2.24) is 9.55 Å². The van der Waals surface area contributed by atoms with Crippen LogP contribution in [0.25, 0.3) is 11.0 Å². The smallest absolute Gasteiger partial charge is 0.203 e. The summed E-state index contributed by atoms with van der Waals surface area (Å²) in [6.07, 6.45) is 3.32. The SMILES string of the molecule is CCCCn1c(NCCCCl)nc2ccccc21. The molecule has 1 heterocycles. The van der Waals surface area contributed by atoms with E-state index in [0.717, 1.165) is 31.0 Å². The van der Waals surface area contributed by atoms with Crippen LogP contribution in [-0.4, -0.2) is 22.0 Å². The summed E-state index contributed by atoms with van der Waals surface area (Å²) in [5.41, 5.74) is 2.27. The molecule has 0 radical (unpaired) electrons. The molecule has 3 nitrogen and oxygen atoms in total. The van der Waals surface area contributed by atoms with E-state index in [4.69, 9.17) is 11.6 Å². The number of hydrogen-bond acceptors (Lipinski definition) is 2. The number of aryl methyl sites for hydroxylation is 1. The number of hydrogen-bond donors (Lipinski definition) is 1. The summed E-state index contributed by atoms with van der Waals surface area (Å²) in [6, 6.07) is 8.28. The molecule has 1 aromatic carbocycles. The van der Waals surface area contributed by atoms with Gasteiger partial charge < -0.3 is 9.88 Å². The van der Waals surface area contributed by atoms with Gasteiger partial charge >= 0.3 is 0 Å². The van der Waals surface area contributed by atoms with Crippen LogP contribution < -0.4 is 5.32 Å². The molecular weight excluding hydrogens is 246 g/mol. The van der Waals surface area contributed by atoms with Gasteiger partial charge in [0.25, 0.3) is 0 Å². The minimum Gasteiger partial charge on any atom is -0.356 e. The van der Waals surface area contributed by atoms with Crippen LogP contribution in [0.2, 0.25) is 0 Å². The average molecular weight is 266 g/mol. The lowest BCUT2D eigenvalue weighted by Crippen LogP contribution is -2.09. The second-order valence-electron chi connectivity index (χ2n) is 4.40. The van der Waals surface area contributed by atoms with Crippen molar-refractivity contribution in [3.05, 3.63) is 24.3 Å². The van der Waals surface area contributed by atoms with Crippen LogP contribution in [-0.2, 0) is 6.54 Å². The number of unbranched alkanes of at least 4 members (excludes halogenated alkanes) is 1. The predicted molar refractivity (Wildman–Crippen MR) is 78.5 cm³/mol. The summed E-state index contributed by atoms with van der Waals surface area (Å²) in [5.74, 6) is 1.65. The lowest BCUT2D eigenvalue weighted by Gasteiger charge is -2.09. The van der Waals surface area contributed by atoms with Crippen LogP contribution in [0.4, 0.5) is 5.95 Å². The fraction of sp³-hybridized carbons (Fsp3) is 0.500. The summed E-state index contributed by atoms with van der Waals surface area (Å²) in [7, 11) is 0. The van der Waals surface area contributed by atoms with E-state index in [1.807, 2.05) is 6.07 Å². The molecule has 0 spiro atoms. The highest BCUT2D eigenvalue weighted by Gasteiger charge is 2.08. The van der Waals surface area contributed by atoms with E-state index >= 15 is 0 Å². The normalized spacial score (nSPS) is 11.0. The van der Waals surface area contributed by atoms with E-state index in [1.54, 1.807) is 0 Å². The molecule has 0 aliphatic carbocycles. The Kier molecular flexibility index (Phi) is 4.88. The molecule has 0 fully saturated rings. The summed E-state index contributed by atoms with van der Waals surface area (Å²) < 4.78 is 2.27. The lowest BCUT2D eigenvalue weighted by molar-refractivity contribution is 0.648. The van der Waals surface area contributed by atoms with E-state index in [0.29, 0.717) is 5.88 Å². The van der Waals surface area contributed by atoms with Gasteiger partial charge in [0.15, 0.2) is 0 Å². The third-order valence-electron chi connectivity index (χ3n) is 2.98. The Morgan fingerprint density at radius 3 is 2.89 bits per heavy atom. The molecule has 0 bridgehead atoms. The number of aromatic nitrogens is 2. The molecular formula is C14H20ClN3. The summed E-state index contributed by atoms with van der Waals surface area (Å²) in [6.45, 7) is 4.10. The predicted octanol–water partition coefficient (Wildman–Crippen LogP) is 3.88.